The molecule has 0 unspecified atom stereocenters. The predicted octanol–water partition coefficient (Wildman–Crippen LogP) is 5.29. The van der Waals surface area contributed by atoms with Gasteiger partial charge in [-0.2, -0.15) is 5.10 Å². The first kappa shape index (κ1) is 20.0. The van der Waals surface area contributed by atoms with E-state index in [0.717, 1.165) is 44.5 Å². The summed E-state index contributed by atoms with van der Waals surface area (Å²) in [5, 5.41) is 6.51. The van der Waals surface area contributed by atoms with E-state index in [4.69, 9.17) is 20.8 Å². The highest BCUT2D eigenvalue weighted by Gasteiger charge is 2.22. The van der Waals surface area contributed by atoms with Crippen molar-refractivity contribution in [2.24, 2.45) is 0 Å². The van der Waals surface area contributed by atoms with Crippen molar-refractivity contribution >= 4 is 27.9 Å². The number of hydrogen-bond acceptors (Lipinski definition) is 6. The van der Waals surface area contributed by atoms with Crippen LogP contribution in [0.15, 0.2) is 79.1 Å². The summed E-state index contributed by atoms with van der Waals surface area (Å²) in [7, 11) is 0. The van der Waals surface area contributed by atoms with Crippen LogP contribution in [0.4, 0.5) is 5.82 Å². The minimum absolute atomic E-state index is 0.376. The van der Waals surface area contributed by atoms with Crippen molar-refractivity contribution in [2.75, 3.05) is 5.73 Å². The fourth-order valence-electron chi connectivity index (χ4n) is 4.31. The van der Waals surface area contributed by atoms with Crippen molar-refractivity contribution < 1.29 is 0 Å². The summed E-state index contributed by atoms with van der Waals surface area (Å²) in [5.74, 6) is 0.864. The van der Waals surface area contributed by atoms with E-state index in [1.807, 2.05) is 54.1 Å². The number of pyridine rings is 2. The summed E-state index contributed by atoms with van der Waals surface area (Å²) >= 11 is 0. The molecule has 7 heteroatoms. The fourth-order valence-corrected chi connectivity index (χ4v) is 4.31. The van der Waals surface area contributed by atoms with Gasteiger partial charge < -0.3 is 5.73 Å². The Labute approximate surface area is 196 Å². The Morgan fingerprint density at radius 1 is 0.765 bits per heavy atom. The average molecular weight is 444 g/mol. The zero-order chi connectivity index (χ0) is 23.2. The molecule has 0 saturated carbocycles. The highest BCUT2D eigenvalue weighted by molar-refractivity contribution is 6.12. The molecule has 0 aliphatic heterocycles. The molecule has 2 aromatic carbocycles. The van der Waals surface area contributed by atoms with Gasteiger partial charge in [0.25, 0.3) is 0 Å². The number of hydrogen-bond donors (Lipinski definition) is 1. The number of anilines is 1. The summed E-state index contributed by atoms with van der Waals surface area (Å²) < 4.78 is 1.86. The third-order valence-electron chi connectivity index (χ3n) is 5.93. The van der Waals surface area contributed by atoms with Crippen LogP contribution in [0.3, 0.4) is 0 Å². The monoisotopic (exact) mass is 443 g/mol. The highest BCUT2D eigenvalue weighted by Crippen LogP contribution is 2.39. The molecule has 0 aliphatic rings. The second-order valence-electron chi connectivity index (χ2n) is 8.26. The molecule has 0 fully saturated rings. The topological polar surface area (TPSA) is 95.4 Å². The maximum Gasteiger partial charge on any atom is 0.168 e. The molecule has 0 saturated heterocycles. The van der Waals surface area contributed by atoms with Crippen molar-refractivity contribution in [2.45, 2.75) is 13.8 Å². The quantitative estimate of drug-likeness (QED) is 0.399. The van der Waals surface area contributed by atoms with Crippen molar-refractivity contribution in [3.63, 3.8) is 0 Å². The van der Waals surface area contributed by atoms with E-state index in [9.17, 15) is 0 Å². The van der Waals surface area contributed by atoms with Gasteiger partial charge in [0.2, 0.25) is 0 Å². The minimum Gasteiger partial charge on any atom is -0.383 e. The number of fused-ring (bicyclic) bond motifs is 2. The molecule has 6 aromatic rings. The number of aromatic nitrogens is 6. The van der Waals surface area contributed by atoms with Crippen LogP contribution >= 0.6 is 0 Å². The average Bonchev–Trinajstić information content (AvgIpc) is 3.20. The van der Waals surface area contributed by atoms with E-state index in [2.05, 4.69) is 41.2 Å². The Bertz CT molecular complexity index is 1660. The number of rotatable bonds is 3. The highest BCUT2D eigenvalue weighted by atomic mass is 15.3. The first-order chi connectivity index (χ1) is 16.6. The summed E-state index contributed by atoms with van der Waals surface area (Å²) in [6, 6.07) is 22.1. The van der Waals surface area contributed by atoms with Gasteiger partial charge in [0, 0.05) is 23.5 Å². The Balaban J connectivity index is 1.76. The number of nitrogens with zero attached hydrogens (tertiary/aromatic N) is 6. The van der Waals surface area contributed by atoms with Crippen molar-refractivity contribution in [3.05, 3.63) is 90.4 Å². The molecular weight excluding hydrogens is 422 g/mol. The SMILES string of the molecule is Cc1ccc(-c2c3c(N)nc(-c4cccnc4)nc3nc3c2c(C)nn3-c2ccccc2)cc1. The minimum atomic E-state index is 0.376. The molecule has 164 valence electrons. The van der Waals surface area contributed by atoms with Gasteiger partial charge in [0.15, 0.2) is 17.1 Å². The molecule has 6 rings (SSSR count). The zero-order valence-corrected chi connectivity index (χ0v) is 18.8. The number of nitrogen functional groups attached to an aromatic ring is 1. The lowest BCUT2D eigenvalue weighted by molar-refractivity contribution is 0.878. The van der Waals surface area contributed by atoms with Crippen LogP contribution in [0.25, 0.3) is 50.3 Å². The van der Waals surface area contributed by atoms with Gasteiger partial charge in [0.1, 0.15) is 5.82 Å². The van der Waals surface area contributed by atoms with E-state index in [0.29, 0.717) is 17.3 Å². The second-order valence-corrected chi connectivity index (χ2v) is 8.26. The third-order valence-corrected chi connectivity index (χ3v) is 5.93. The van der Waals surface area contributed by atoms with Crippen LogP contribution in [-0.4, -0.2) is 29.7 Å². The zero-order valence-electron chi connectivity index (χ0n) is 18.8. The molecule has 4 aromatic heterocycles. The van der Waals surface area contributed by atoms with E-state index in [-0.39, 0.29) is 0 Å². The van der Waals surface area contributed by atoms with Crippen LogP contribution in [0.2, 0.25) is 0 Å². The van der Waals surface area contributed by atoms with Crippen LogP contribution in [0.1, 0.15) is 11.3 Å². The lowest BCUT2D eigenvalue weighted by atomic mass is 9.97. The van der Waals surface area contributed by atoms with Crippen LogP contribution < -0.4 is 5.73 Å². The number of nitrogens with two attached hydrogens (primary N) is 1. The Morgan fingerprint density at radius 3 is 2.29 bits per heavy atom. The van der Waals surface area contributed by atoms with Gasteiger partial charge in [-0.3, -0.25) is 4.98 Å². The maximum atomic E-state index is 6.58. The predicted molar refractivity (Wildman–Crippen MR) is 135 cm³/mol. The Morgan fingerprint density at radius 2 is 1.56 bits per heavy atom. The second kappa shape index (κ2) is 7.74. The van der Waals surface area contributed by atoms with Crippen LogP contribution in [-0.2, 0) is 0 Å². The molecule has 0 aliphatic carbocycles. The molecular formula is C27H21N7. The normalized spacial score (nSPS) is 11.4. The van der Waals surface area contributed by atoms with Crippen LogP contribution in [0, 0.1) is 13.8 Å². The first-order valence-electron chi connectivity index (χ1n) is 11.0. The fraction of sp³-hybridized carbons (Fsp3) is 0.0741. The molecule has 34 heavy (non-hydrogen) atoms. The van der Waals surface area contributed by atoms with E-state index in [1.165, 1.54) is 5.56 Å². The number of para-hydroxylation sites is 1. The molecule has 0 radical (unpaired) electrons. The number of benzene rings is 2. The molecule has 2 N–H and O–H groups in total. The molecule has 4 heterocycles. The molecule has 0 spiro atoms. The van der Waals surface area contributed by atoms with Gasteiger partial charge in [0.05, 0.1) is 22.2 Å². The van der Waals surface area contributed by atoms with Crippen molar-refractivity contribution in [3.8, 4) is 28.2 Å². The Kier molecular flexibility index (Phi) is 4.55. The Hall–Kier alpha value is -4.65. The summed E-state index contributed by atoms with van der Waals surface area (Å²) in [4.78, 5) is 18.6. The van der Waals surface area contributed by atoms with Gasteiger partial charge >= 0.3 is 0 Å². The van der Waals surface area contributed by atoms with E-state index in [1.54, 1.807) is 12.4 Å². The summed E-state index contributed by atoms with van der Waals surface area (Å²) in [5.41, 5.74) is 13.5. The first-order valence-corrected chi connectivity index (χ1v) is 11.0. The van der Waals surface area contributed by atoms with E-state index < -0.39 is 0 Å². The molecule has 7 nitrogen and oxygen atoms in total. The lowest BCUT2D eigenvalue weighted by Crippen LogP contribution is -2.03. The van der Waals surface area contributed by atoms with Gasteiger partial charge in [-0.25, -0.2) is 19.6 Å². The maximum absolute atomic E-state index is 6.58. The van der Waals surface area contributed by atoms with Gasteiger partial charge in [-0.1, -0.05) is 48.0 Å². The third kappa shape index (κ3) is 3.17. The van der Waals surface area contributed by atoms with Crippen LogP contribution in [0.5, 0.6) is 0 Å². The smallest absolute Gasteiger partial charge is 0.168 e. The largest absolute Gasteiger partial charge is 0.383 e. The molecule has 0 atom stereocenters. The van der Waals surface area contributed by atoms with Gasteiger partial charge in [-0.05, 0) is 43.7 Å². The summed E-state index contributed by atoms with van der Waals surface area (Å²) in [6.07, 6.45) is 3.44. The van der Waals surface area contributed by atoms with Crippen molar-refractivity contribution in [1.29, 1.82) is 0 Å². The van der Waals surface area contributed by atoms with Crippen molar-refractivity contribution in [1.82, 2.24) is 29.7 Å². The van der Waals surface area contributed by atoms with Gasteiger partial charge in [-0.15, -0.1) is 0 Å². The molecule has 0 bridgehead atoms. The standard InChI is InChI=1S/C27H21N7/c1-16-10-12-18(13-11-16)22-21-17(2)33-34(20-8-4-3-5-9-20)27(21)32-26-23(22)24(28)30-25(31-26)19-7-6-14-29-15-19/h3-15H,1-2H3,(H2,28,30,31,32). The summed E-state index contributed by atoms with van der Waals surface area (Å²) in [6.45, 7) is 4.06. The molecule has 0 amide bonds. The van der Waals surface area contributed by atoms with E-state index >= 15 is 0 Å². The number of aryl methyl sites for hydroxylation is 2. The lowest BCUT2D eigenvalue weighted by Gasteiger charge is -2.13.